The minimum absolute atomic E-state index is 0.160. The largest absolute Gasteiger partial charge is 0.481 e. The Morgan fingerprint density at radius 1 is 1.42 bits per heavy atom. The van der Waals surface area contributed by atoms with E-state index in [-0.39, 0.29) is 5.56 Å². The molecule has 0 bridgehead atoms. The van der Waals surface area contributed by atoms with Gasteiger partial charge in [-0.3, -0.25) is 0 Å². The number of carboxylic acids is 1. The van der Waals surface area contributed by atoms with E-state index in [0.29, 0.717) is 22.0 Å². The van der Waals surface area contributed by atoms with Crippen molar-refractivity contribution in [3.63, 3.8) is 0 Å². The number of nitrogens with zero attached hydrogens (tertiary/aromatic N) is 2. The Balaban J connectivity index is 2.28. The summed E-state index contributed by atoms with van der Waals surface area (Å²) in [4.78, 5) is 19.1. The molecule has 0 unspecified atom stereocenters. The van der Waals surface area contributed by atoms with Crippen LogP contribution in [0.25, 0.3) is 0 Å². The van der Waals surface area contributed by atoms with Crippen LogP contribution < -0.4 is 10.1 Å². The van der Waals surface area contributed by atoms with Crippen molar-refractivity contribution >= 4 is 33.5 Å². The van der Waals surface area contributed by atoms with Crippen LogP contribution in [0.15, 0.2) is 34.9 Å². The van der Waals surface area contributed by atoms with E-state index in [2.05, 4.69) is 31.2 Å². The molecule has 7 heteroatoms. The van der Waals surface area contributed by atoms with E-state index in [1.54, 1.807) is 24.4 Å². The van der Waals surface area contributed by atoms with Crippen LogP contribution in [-0.4, -0.2) is 28.2 Å². The Morgan fingerprint density at radius 2 is 2.21 bits per heavy atom. The second kappa shape index (κ2) is 5.66. The van der Waals surface area contributed by atoms with Gasteiger partial charge in [-0.2, -0.15) is 4.98 Å². The number of rotatable bonds is 4. The number of carboxylic acid groups (broad SMARTS) is 1. The molecule has 0 aliphatic rings. The second-order valence-corrected chi connectivity index (χ2v) is 4.40. The number of nitrogens with one attached hydrogen (secondary N) is 1. The molecule has 2 aromatic rings. The average molecular weight is 324 g/mol. The maximum absolute atomic E-state index is 11.0. The number of ether oxygens (including phenoxy) is 1. The second-order valence-electron chi connectivity index (χ2n) is 3.55. The number of carbonyl (C=O) groups is 1. The zero-order chi connectivity index (χ0) is 13.8. The monoisotopic (exact) mass is 323 g/mol. The first-order chi connectivity index (χ1) is 9.10. The lowest BCUT2D eigenvalue weighted by molar-refractivity contribution is 0.0696. The van der Waals surface area contributed by atoms with Crippen molar-refractivity contribution in [2.24, 2.45) is 0 Å². The summed E-state index contributed by atoms with van der Waals surface area (Å²) in [6.07, 6.45) is 1.55. The number of halogens is 1. The predicted molar refractivity (Wildman–Crippen MR) is 73.0 cm³/mol. The number of hydrogen-bond acceptors (Lipinski definition) is 5. The van der Waals surface area contributed by atoms with Gasteiger partial charge in [-0.05, 0) is 34.1 Å². The molecular weight excluding hydrogens is 314 g/mol. The minimum atomic E-state index is -1.01. The first-order valence-electron chi connectivity index (χ1n) is 5.27. The summed E-state index contributed by atoms with van der Waals surface area (Å²) in [5.74, 6) is -0.256. The predicted octanol–water partition coefficient (Wildman–Crippen LogP) is 2.69. The lowest BCUT2D eigenvalue weighted by Gasteiger charge is -2.07. The Kier molecular flexibility index (Phi) is 3.96. The summed E-state index contributed by atoms with van der Waals surface area (Å²) in [5.41, 5.74) is 0.738. The molecule has 0 atom stereocenters. The van der Waals surface area contributed by atoms with Crippen molar-refractivity contribution in [1.82, 2.24) is 9.97 Å². The molecule has 6 nitrogen and oxygen atoms in total. The summed E-state index contributed by atoms with van der Waals surface area (Å²) < 4.78 is 5.49. The Bertz CT molecular complexity index is 619. The first-order valence-corrected chi connectivity index (χ1v) is 6.06. The maximum atomic E-state index is 11.0. The minimum Gasteiger partial charge on any atom is -0.481 e. The van der Waals surface area contributed by atoms with Crippen LogP contribution in [0.1, 0.15) is 10.4 Å². The fraction of sp³-hybridized carbons (Fsp3) is 0.0833. The van der Waals surface area contributed by atoms with Gasteiger partial charge in [-0.1, -0.05) is 0 Å². The zero-order valence-corrected chi connectivity index (χ0v) is 11.5. The van der Waals surface area contributed by atoms with Gasteiger partial charge in [0.15, 0.2) is 0 Å². The third-order valence-corrected chi connectivity index (χ3v) is 2.98. The average Bonchev–Trinajstić information content (AvgIpc) is 2.41. The van der Waals surface area contributed by atoms with Crippen molar-refractivity contribution in [3.05, 3.63) is 40.5 Å². The molecule has 0 spiro atoms. The van der Waals surface area contributed by atoms with E-state index in [4.69, 9.17) is 9.84 Å². The van der Waals surface area contributed by atoms with Crippen LogP contribution in [0.4, 0.5) is 11.6 Å². The van der Waals surface area contributed by atoms with Crippen LogP contribution in [0, 0.1) is 0 Å². The SMILES string of the molecule is COc1ccnc(Nc2ccc(Br)c(C(=O)O)c2)n1. The quantitative estimate of drug-likeness (QED) is 0.899. The summed E-state index contributed by atoms with van der Waals surface area (Å²) in [5, 5.41) is 11.9. The van der Waals surface area contributed by atoms with E-state index >= 15 is 0 Å². The van der Waals surface area contributed by atoms with E-state index in [1.807, 2.05) is 0 Å². The molecule has 0 aliphatic carbocycles. The van der Waals surface area contributed by atoms with Gasteiger partial charge >= 0.3 is 5.97 Å². The normalized spacial score (nSPS) is 10.0. The van der Waals surface area contributed by atoms with Crippen LogP contribution in [0.5, 0.6) is 5.88 Å². The first kappa shape index (κ1) is 13.3. The Labute approximate surface area is 117 Å². The zero-order valence-electron chi connectivity index (χ0n) is 9.92. The van der Waals surface area contributed by atoms with Gasteiger partial charge in [0.25, 0.3) is 0 Å². The number of benzene rings is 1. The Morgan fingerprint density at radius 3 is 2.89 bits per heavy atom. The molecule has 0 saturated heterocycles. The van der Waals surface area contributed by atoms with Crippen LogP contribution in [0.2, 0.25) is 0 Å². The molecule has 0 aliphatic heterocycles. The van der Waals surface area contributed by atoms with Crippen LogP contribution in [0.3, 0.4) is 0 Å². The van der Waals surface area contributed by atoms with E-state index in [1.165, 1.54) is 13.2 Å². The highest BCUT2D eigenvalue weighted by molar-refractivity contribution is 9.10. The summed E-state index contributed by atoms with van der Waals surface area (Å²) >= 11 is 3.18. The van der Waals surface area contributed by atoms with E-state index in [9.17, 15) is 4.79 Å². The number of anilines is 2. The van der Waals surface area contributed by atoms with E-state index in [0.717, 1.165) is 0 Å². The molecule has 0 fully saturated rings. The van der Waals surface area contributed by atoms with Gasteiger partial charge < -0.3 is 15.2 Å². The highest BCUT2D eigenvalue weighted by atomic mass is 79.9. The van der Waals surface area contributed by atoms with Crippen molar-refractivity contribution < 1.29 is 14.6 Å². The van der Waals surface area contributed by atoms with Crippen molar-refractivity contribution in [3.8, 4) is 5.88 Å². The van der Waals surface area contributed by atoms with Gasteiger partial charge in [0, 0.05) is 22.4 Å². The van der Waals surface area contributed by atoms with Crippen LogP contribution in [-0.2, 0) is 0 Å². The number of aromatic carboxylic acids is 1. The topological polar surface area (TPSA) is 84.3 Å². The fourth-order valence-electron chi connectivity index (χ4n) is 1.41. The van der Waals surface area contributed by atoms with Gasteiger partial charge in [0.05, 0.1) is 12.7 Å². The number of methoxy groups -OCH3 is 1. The highest BCUT2D eigenvalue weighted by Crippen LogP contribution is 2.23. The molecule has 1 heterocycles. The van der Waals surface area contributed by atoms with Gasteiger partial charge in [0.2, 0.25) is 11.8 Å². The molecule has 0 saturated carbocycles. The summed E-state index contributed by atoms with van der Waals surface area (Å²) in [6.45, 7) is 0. The van der Waals surface area contributed by atoms with Crippen molar-refractivity contribution in [2.75, 3.05) is 12.4 Å². The summed E-state index contributed by atoms with van der Waals surface area (Å²) in [7, 11) is 1.51. The van der Waals surface area contributed by atoms with Gasteiger partial charge in [0.1, 0.15) is 0 Å². The van der Waals surface area contributed by atoms with Crippen LogP contribution >= 0.6 is 15.9 Å². The molecule has 0 radical (unpaired) electrons. The number of hydrogen-bond donors (Lipinski definition) is 2. The lowest BCUT2D eigenvalue weighted by atomic mass is 10.2. The van der Waals surface area contributed by atoms with Crippen molar-refractivity contribution in [1.29, 1.82) is 0 Å². The van der Waals surface area contributed by atoms with Crippen molar-refractivity contribution in [2.45, 2.75) is 0 Å². The third-order valence-electron chi connectivity index (χ3n) is 2.29. The number of aromatic nitrogens is 2. The maximum Gasteiger partial charge on any atom is 0.336 e. The molecule has 98 valence electrons. The lowest BCUT2D eigenvalue weighted by Crippen LogP contribution is -2.02. The molecule has 1 aromatic heterocycles. The van der Waals surface area contributed by atoms with Gasteiger partial charge in [-0.15, -0.1) is 0 Å². The Hall–Kier alpha value is -2.15. The molecule has 1 aromatic carbocycles. The molecule has 2 rings (SSSR count). The third kappa shape index (κ3) is 3.19. The molecule has 2 N–H and O–H groups in total. The summed E-state index contributed by atoms with van der Waals surface area (Å²) in [6, 6.07) is 6.48. The highest BCUT2D eigenvalue weighted by Gasteiger charge is 2.09. The standard InChI is InChI=1S/C12H10BrN3O3/c1-19-10-4-5-14-12(16-10)15-7-2-3-9(13)8(6-7)11(17)18/h2-6H,1H3,(H,17,18)(H,14,15,16). The van der Waals surface area contributed by atoms with E-state index < -0.39 is 5.97 Å². The molecule has 19 heavy (non-hydrogen) atoms. The molecule has 0 amide bonds. The smallest absolute Gasteiger partial charge is 0.336 e. The van der Waals surface area contributed by atoms with Gasteiger partial charge in [-0.25, -0.2) is 9.78 Å². The fourth-order valence-corrected chi connectivity index (χ4v) is 1.83. The molecular formula is C12H10BrN3O3.